The summed E-state index contributed by atoms with van der Waals surface area (Å²) in [6.45, 7) is 3.26. The number of carbonyl (C=O) groups excluding carboxylic acids is 3. The summed E-state index contributed by atoms with van der Waals surface area (Å²) in [6, 6.07) is -0.421. The lowest BCUT2D eigenvalue weighted by Gasteiger charge is -2.37. The van der Waals surface area contributed by atoms with Gasteiger partial charge in [-0.1, -0.05) is 32.6 Å². The van der Waals surface area contributed by atoms with Crippen molar-refractivity contribution < 1.29 is 14.4 Å². The Morgan fingerprint density at radius 3 is 2.38 bits per heavy atom. The van der Waals surface area contributed by atoms with Crippen LogP contribution in [0.25, 0.3) is 0 Å². The van der Waals surface area contributed by atoms with Gasteiger partial charge in [0, 0.05) is 19.5 Å². The molecule has 0 aromatic rings. The molecule has 2 aliphatic heterocycles. The number of rotatable bonds is 6. The van der Waals surface area contributed by atoms with Crippen molar-refractivity contribution in [3.8, 4) is 0 Å². The highest BCUT2D eigenvalue weighted by atomic mass is 16.2. The molecule has 0 saturated carbocycles. The summed E-state index contributed by atoms with van der Waals surface area (Å²) in [6.07, 6.45) is 7.28. The van der Waals surface area contributed by atoms with Gasteiger partial charge in [0.25, 0.3) is 5.91 Å². The summed E-state index contributed by atoms with van der Waals surface area (Å²) in [5.41, 5.74) is -0.783. The second-order valence-electron chi connectivity index (χ2n) is 6.04. The van der Waals surface area contributed by atoms with Gasteiger partial charge in [0.2, 0.25) is 5.91 Å². The van der Waals surface area contributed by atoms with Crippen LogP contribution in [0.5, 0.6) is 0 Å². The number of amides is 4. The Labute approximate surface area is 125 Å². The fraction of sp³-hybridized carbons (Fsp3) is 0.800. The third kappa shape index (κ3) is 3.74. The van der Waals surface area contributed by atoms with Gasteiger partial charge >= 0.3 is 6.03 Å². The zero-order valence-corrected chi connectivity index (χ0v) is 12.7. The Morgan fingerprint density at radius 2 is 1.81 bits per heavy atom. The van der Waals surface area contributed by atoms with Crippen molar-refractivity contribution in [3.63, 3.8) is 0 Å². The fourth-order valence-electron chi connectivity index (χ4n) is 3.06. The van der Waals surface area contributed by atoms with Crippen molar-refractivity contribution in [1.82, 2.24) is 15.5 Å². The van der Waals surface area contributed by atoms with Crippen molar-refractivity contribution in [2.75, 3.05) is 13.1 Å². The molecule has 2 heterocycles. The first-order chi connectivity index (χ1) is 10.1. The second kappa shape index (κ2) is 6.91. The van der Waals surface area contributed by atoms with E-state index < -0.39 is 11.6 Å². The number of unbranched alkanes of at least 4 members (excludes halogenated alkanes) is 4. The van der Waals surface area contributed by atoms with Crippen LogP contribution in [0, 0.1) is 0 Å². The summed E-state index contributed by atoms with van der Waals surface area (Å²) in [7, 11) is 0. The number of nitrogens with one attached hydrogen (secondary N) is 2. The van der Waals surface area contributed by atoms with Gasteiger partial charge in [-0.05, 0) is 19.3 Å². The number of carbonyl (C=O) groups is 3. The van der Waals surface area contributed by atoms with Crippen LogP contribution in [0.3, 0.4) is 0 Å². The first-order valence-electron chi connectivity index (χ1n) is 7.99. The zero-order chi connectivity index (χ0) is 15.3. The lowest BCUT2D eigenvalue weighted by molar-refractivity contribution is -0.135. The number of piperidine rings is 1. The summed E-state index contributed by atoms with van der Waals surface area (Å²) in [5.74, 6) is -0.0785. The van der Waals surface area contributed by atoms with Crippen LogP contribution < -0.4 is 10.6 Å². The van der Waals surface area contributed by atoms with Crippen LogP contribution >= 0.6 is 0 Å². The van der Waals surface area contributed by atoms with E-state index in [0.29, 0.717) is 32.4 Å². The quantitative estimate of drug-likeness (QED) is 0.576. The van der Waals surface area contributed by atoms with Gasteiger partial charge in [0.15, 0.2) is 0 Å². The zero-order valence-electron chi connectivity index (χ0n) is 12.7. The fourth-order valence-corrected chi connectivity index (χ4v) is 3.06. The van der Waals surface area contributed by atoms with E-state index in [2.05, 4.69) is 17.6 Å². The maximum atomic E-state index is 12.1. The van der Waals surface area contributed by atoms with E-state index in [9.17, 15) is 14.4 Å². The summed E-state index contributed by atoms with van der Waals surface area (Å²) in [4.78, 5) is 37.0. The van der Waals surface area contributed by atoms with Gasteiger partial charge < -0.3 is 10.2 Å². The van der Waals surface area contributed by atoms with Gasteiger partial charge in [-0.2, -0.15) is 0 Å². The van der Waals surface area contributed by atoms with Crippen molar-refractivity contribution in [1.29, 1.82) is 0 Å². The van der Waals surface area contributed by atoms with Crippen LogP contribution in [0.4, 0.5) is 4.79 Å². The molecule has 0 radical (unpaired) electrons. The Bertz CT molecular complexity index is 414. The molecule has 2 aliphatic rings. The van der Waals surface area contributed by atoms with E-state index in [1.54, 1.807) is 0 Å². The van der Waals surface area contributed by atoms with Gasteiger partial charge in [-0.25, -0.2) is 4.79 Å². The molecule has 0 aliphatic carbocycles. The van der Waals surface area contributed by atoms with E-state index in [-0.39, 0.29) is 11.8 Å². The van der Waals surface area contributed by atoms with Crippen LogP contribution in [0.1, 0.15) is 58.3 Å². The van der Waals surface area contributed by atoms with E-state index in [1.165, 1.54) is 19.3 Å². The van der Waals surface area contributed by atoms with E-state index in [4.69, 9.17) is 0 Å². The molecular weight excluding hydrogens is 270 g/mol. The van der Waals surface area contributed by atoms with Gasteiger partial charge in [0.1, 0.15) is 5.54 Å². The standard InChI is InChI=1S/C15H25N3O3/c1-2-3-4-5-6-7-12(19)18-10-8-15(9-11-18)13(20)16-14(21)17-15/h2-11H2,1H3,(H2,16,17,20,21). The minimum absolute atomic E-state index is 0.172. The Balaban J connectivity index is 1.72. The monoisotopic (exact) mass is 295 g/mol. The molecule has 0 bridgehead atoms. The molecule has 0 atom stereocenters. The van der Waals surface area contributed by atoms with Crippen LogP contribution in [-0.2, 0) is 9.59 Å². The van der Waals surface area contributed by atoms with Crippen LogP contribution in [0.2, 0.25) is 0 Å². The third-order valence-corrected chi connectivity index (χ3v) is 4.48. The smallest absolute Gasteiger partial charge is 0.322 e. The highest BCUT2D eigenvalue weighted by Crippen LogP contribution is 2.26. The summed E-state index contributed by atoms with van der Waals surface area (Å²) in [5, 5.41) is 4.99. The minimum atomic E-state index is -0.783. The van der Waals surface area contributed by atoms with Gasteiger partial charge in [-0.3, -0.25) is 14.9 Å². The van der Waals surface area contributed by atoms with E-state index in [1.807, 2.05) is 4.90 Å². The molecule has 2 N–H and O–H groups in total. The maximum Gasteiger partial charge on any atom is 0.322 e. The molecule has 0 aromatic carbocycles. The van der Waals surface area contributed by atoms with Crippen molar-refractivity contribution in [2.24, 2.45) is 0 Å². The molecular formula is C15H25N3O3. The largest absolute Gasteiger partial charge is 0.342 e. The predicted octanol–water partition coefficient (Wildman–Crippen LogP) is 1.55. The number of hydrogen-bond acceptors (Lipinski definition) is 3. The van der Waals surface area contributed by atoms with Gasteiger partial charge in [-0.15, -0.1) is 0 Å². The number of likely N-dealkylation sites (tertiary alicyclic amines) is 1. The predicted molar refractivity (Wildman–Crippen MR) is 78.6 cm³/mol. The highest BCUT2D eigenvalue weighted by molar-refractivity contribution is 6.07. The molecule has 21 heavy (non-hydrogen) atoms. The van der Waals surface area contributed by atoms with Gasteiger partial charge in [0.05, 0.1) is 0 Å². The molecule has 6 nitrogen and oxygen atoms in total. The lowest BCUT2D eigenvalue weighted by atomic mass is 9.87. The maximum absolute atomic E-state index is 12.1. The third-order valence-electron chi connectivity index (χ3n) is 4.48. The van der Waals surface area contributed by atoms with Crippen LogP contribution in [0.15, 0.2) is 0 Å². The average molecular weight is 295 g/mol. The highest BCUT2D eigenvalue weighted by Gasteiger charge is 2.48. The molecule has 2 fully saturated rings. The first-order valence-corrected chi connectivity index (χ1v) is 7.99. The molecule has 0 unspecified atom stereocenters. The Hall–Kier alpha value is -1.59. The molecule has 0 aromatic heterocycles. The molecule has 2 rings (SSSR count). The topological polar surface area (TPSA) is 78.5 Å². The first kappa shape index (κ1) is 15.8. The summed E-state index contributed by atoms with van der Waals surface area (Å²) >= 11 is 0. The van der Waals surface area contributed by atoms with E-state index in [0.717, 1.165) is 12.8 Å². The van der Waals surface area contributed by atoms with Crippen molar-refractivity contribution in [3.05, 3.63) is 0 Å². The Morgan fingerprint density at radius 1 is 1.14 bits per heavy atom. The van der Waals surface area contributed by atoms with E-state index >= 15 is 0 Å². The van der Waals surface area contributed by atoms with Crippen molar-refractivity contribution >= 4 is 17.8 Å². The molecule has 6 heteroatoms. The molecule has 4 amide bonds. The average Bonchev–Trinajstić information content (AvgIpc) is 2.73. The number of urea groups is 1. The number of hydrogen-bond donors (Lipinski definition) is 2. The SMILES string of the molecule is CCCCCCCC(=O)N1CCC2(CC1)NC(=O)NC2=O. The summed E-state index contributed by atoms with van der Waals surface area (Å²) < 4.78 is 0. The normalized spacial score (nSPS) is 20.5. The van der Waals surface area contributed by atoms with Crippen LogP contribution in [-0.4, -0.2) is 41.4 Å². The molecule has 2 saturated heterocycles. The number of imide groups is 1. The second-order valence-corrected chi connectivity index (χ2v) is 6.04. The minimum Gasteiger partial charge on any atom is -0.342 e. The Kier molecular flexibility index (Phi) is 5.20. The molecule has 1 spiro atoms. The number of nitrogens with zero attached hydrogens (tertiary/aromatic N) is 1. The lowest BCUT2D eigenvalue weighted by Crippen LogP contribution is -2.55. The molecule has 118 valence electrons. The van der Waals surface area contributed by atoms with Crippen molar-refractivity contribution in [2.45, 2.75) is 63.8 Å².